The molecular weight excluding hydrogens is 420 g/mol. The van der Waals surface area contributed by atoms with Crippen molar-refractivity contribution >= 4 is 33.9 Å². The molecule has 0 spiro atoms. The lowest BCUT2D eigenvalue weighted by Crippen LogP contribution is -2.44. The van der Waals surface area contributed by atoms with E-state index in [2.05, 4.69) is 20.9 Å². The van der Waals surface area contributed by atoms with Crippen molar-refractivity contribution in [3.63, 3.8) is 0 Å². The summed E-state index contributed by atoms with van der Waals surface area (Å²) in [5.41, 5.74) is -1.07. The fourth-order valence-electron chi connectivity index (χ4n) is 1.97. The molecule has 8 nitrogen and oxygen atoms in total. The third kappa shape index (κ3) is 7.08. The summed E-state index contributed by atoms with van der Waals surface area (Å²) in [4.78, 5) is 30.3. The van der Waals surface area contributed by atoms with Crippen LogP contribution < -0.4 is 4.90 Å². The van der Waals surface area contributed by atoms with E-state index in [-0.39, 0.29) is 5.82 Å². The Balaban J connectivity index is 3.40. The van der Waals surface area contributed by atoms with E-state index in [1.165, 1.54) is 26.5 Å². The predicted octanol–water partition coefficient (Wildman–Crippen LogP) is 4.81. The Morgan fingerprint density at radius 2 is 1.44 bits per heavy atom. The lowest BCUT2D eigenvalue weighted by Gasteiger charge is -2.28. The van der Waals surface area contributed by atoms with Crippen LogP contribution in [-0.2, 0) is 18.9 Å². The number of halogens is 1. The highest BCUT2D eigenvalue weighted by molar-refractivity contribution is 9.10. The SMILES string of the molecule is COC(OC)c1cc(N(C(=O)OC(C)(C)C)C(=O)OC(C)(C)C)ncc1Br. The number of carbonyl (C=O) groups is 2. The predicted molar refractivity (Wildman–Crippen MR) is 104 cm³/mol. The summed E-state index contributed by atoms with van der Waals surface area (Å²) >= 11 is 3.36. The van der Waals surface area contributed by atoms with E-state index in [1.54, 1.807) is 41.5 Å². The van der Waals surface area contributed by atoms with Gasteiger partial charge in [0.25, 0.3) is 0 Å². The van der Waals surface area contributed by atoms with Crippen LogP contribution in [0.4, 0.5) is 15.4 Å². The van der Waals surface area contributed by atoms with Gasteiger partial charge < -0.3 is 18.9 Å². The van der Waals surface area contributed by atoms with Gasteiger partial charge in [0.1, 0.15) is 17.0 Å². The molecule has 0 radical (unpaired) electrons. The fourth-order valence-corrected chi connectivity index (χ4v) is 2.38. The monoisotopic (exact) mass is 446 g/mol. The number of imide groups is 1. The molecule has 152 valence electrons. The summed E-state index contributed by atoms with van der Waals surface area (Å²) in [5, 5.41) is 0. The lowest BCUT2D eigenvalue weighted by atomic mass is 10.2. The van der Waals surface area contributed by atoms with Crippen molar-refractivity contribution in [3.05, 3.63) is 22.3 Å². The highest BCUT2D eigenvalue weighted by Gasteiger charge is 2.34. The van der Waals surface area contributed by atoms with Crippen molar-refractivity contribution in [3.8, 4) is 0 Å². The Bertz CT molecular complexity index is 649. The number of aromatic nitrogens is 1. The second kappa shape index (κ2) is 8.99. The van der Waals surface area contributed by atoms with Gasteiger partial charge in [-0.2, -0.15) is 4.90 Å². The maximum Gasteiger partial charge on any atom is 0.425 e. The quantitative estimate of drug-likeness (QED) is 0.612. The molecule has 0 fully saturated rings. The Morgan fingerprint density at radius 1 is 1.00 bits per heavy atom. The number of carbonyl (C=O) groups excluding carboxylic acids is 2. The molecule has 1 heterocycles. The fraction of sp³-hybridized carbons (Fsp3) is 0.611. The molecule has 0 saturated heterocycles. The zero-order valence-corrected chi connectivity index (χ0v) is 18.5. The second-order valence-corrected chi connectivity index (χ2v) is 8.52. The van der Waals surface area contributed by atoms with Gasteiger partial charge in [0.2, 0.25) is 0 Å². The van der Waals surface area contributed by atoms with E-state index in [0.717, 1.165) is 4.90 Å². The first-order valence-corrected chi connectivity index (χ1v) is 9.05. The normalized spacial score (nSPS) is 12.1. The van der Waals surface area contributed by atoms with Crippen LogP contribution in [-0.4, -0.2) is 42.6 Å². The summed E-state index contributed by atoms with van der Waals surface area (Å²) in [6.45, 7) is 10.2. The smallest absolute Gasteiger partial charge is 0.425 e. The van der Waals surface area contributed by atoms with Crippen molar-refractivity contribution < 1.29 is 28.5 Å². The maximum absolute atomic E-state index is 12.7. The lowest BCUT2D eigenvalue weighted by molar-refractivity contribution is -0.106. The number of pyridine rings is 1. The molecule has 27 heavy (non-hydrogen) atoms. The Labute approximate surface area is 168 Å². The van der Waals surface area contributed by atoms with E-state index in [0.29, 0.717) is 10.0 Å². The number of hydrogen-bond acceptors (Lipinski definition) is 7. The molecule has 0 aliphatic rings. The van der Waals surface area contributed by atoms with Gasteiger partial charge in [0.15, 0.2) is 6.29 Å². The minimum Gasteiger partial charge on any atom is -0.443 e. The highest BCUT2D eigenvalue weighted by atomic mass is 79.9. The first kappa shape index (κ1) is 23.3. The van der Waals surface area contributed by atoms with Gasteiger partial charge in [0, 0.05) is 30.5 Å². The van der Waals surface area contributed by atoms with Gasteiger partial charge in [-0.25, -0.2) is 14.6 Å². The summed E-state index contributed by atoms with van der Waals surface area (Å²) in [6, 6.07) is 1.50. The molecule has 0 N–H and O–H groups in total. The van der Waals surface area contributed by atoms with Crippen LogP contribution in [0.1, 0.15) is 53.4 Å². The zero-order valence-electron chi connectivity index (χ0n) is 17.0. The van der Waals surface area contributed by atoms with E-state index in [4.69, 9.17) is 18.9 Å². The zero-order chi connectivity index (χ0) is 21.0. The molecule has 0 saturated carbocycles. The summed E-state index contributed by atoms with van der Waals surface area (Å²) < 4.78 is 21.8. The third-order valence-corrected chi connectivity index (χ3v) is 3.60. The molecule has 0 unspecified atom stereocenters. The van der Waals surface area contributed by atoms with Gasteiger partial charge in [-0.15, -0.1) is 0 Å². The topological polar surface area (TPSA) is 87.2 Å². The van der Waals surface area contributed by atoms with E-state index in [1.807, 2.05) is 0 Å². The van der Waals surface area contributed by atoms with Crippen LogP contribution in [0.2, 0.25) is 0 Å². The van der Waals surface area contributed by atoms with Crippen LogP contribution in [0.3, 0.4) is 0 Å². The standard InChI is InChI=1S/C18H27BrN2O6/c1-17(2,3)26-15(22)21(16(23)27-18(4,5)6)13-9-11(12(19)10-20-13)14(24-7)25-8/h9-10,14H,1-8H3. The number of amides is 2. The average molecular weight is 447 g/mol. The van der Waals surface area contributed by atoms with Crippen molar-refractivity contribution in [2.75, 3.05) is 19.1 Å². The molecule has 0 aromatic carbocycles. The van der Waals surface area contributed by atoms with Gasteiger partial charge >= 0.3 is 12.2 Å². The van der Waals surface area contributed by atoms with E-state index in [9.17, 15) is 9.59 Å². The van der Waals surface area contributed by atoms with Crippen LogP contribution in [0.5, 0.6) is 0 Å². The van der Waals surface area contributed by atoms with E-state index < -0.39 is 29.7 Å². The molecule has 1 aromatic heterocycles. The molecular formula is C18H27BrN2O6. The van der Waals surface area contributed by atoms with E-state index >= 15 is 0 Å². The molecule has 0 aliphatic heterocycles. The Morgan fingerprint density at radius 3 is 1.81 bits per heavy atom. The molecule has 1 aromatic rings. The Kier molecular flexibility index (Phi) is 7.76. The second-order valence-electron chi connectivity index (χ2n) is 7.66. The Hall–Kier alpha value is -1.71. The van der Waals surface area contributed by atoms with Crippen molar-refractivity contribution in [2.45, 2.75) is 59.0 Å². The first-order chi connectivity index (χ1) is 12.3. The molecule has 1 rings (SSSR count). The molecule has 9 heteroatoms. The van der Waals surface area contributed by atoms with Crippen molar-refractivity contribution in [2.24, 2.45) is 0 Å². The van der Waals surface area contributed by atoms with Crippen molar-refractivity contribution in [1.29, 1.82) is 0 Å². The largest absolute Gasteiger partial charge is 0.443 e. The van der Waals surface area contributed by atoms with Gasteiger partial charge in [0.05, 0.1) is 0 Å². The van der Waals surface area contributed by atoms with Crippen LogP contribution in [0.25, 0.3) is 0 Å². The minimum absolute atomic E-state index is 0.0239. The highest BCUT2D eigenvalue weighted by Crippen LogP contribution is 2.30. The number of ether oxygens (including phenoxy) is 4. The van der Waals surface area contributed by atoms with Gasteiger partial charge in [-0.3, -0.25) is 0 Å². The number of rotatable bonds is 4. The molecule has 2 amide bonds. The number of nitrogens with zero attached hydrogens (tertiary/aromatic N) is 2. The molecule has 0 aliphatic carbocycles. The average Bonchev–Trinajstić information content (AvgIpc) is 2.47. The number of methoxy groups -OCH3 is 2. The molecule has 0 atom stereocenters. The van der Waals surface area contributed by atoms with Crippen LogP contribution in [0, 0.1) is 0 Å². The molecule has 0 bridgehead atoms. The summed E-state index contributed by atoms with van der Waals surface area (Å²) in [5.74, 6) is 0.0239. The summed E-state index contributed by atoms with van der Waals surface area (Å²) in [6.07, 6.45) is -1.08. The van der Waals surface area contributed by atoms with Crippen molar-refractivity contribution in [1.82, 2.24) is 4.98 Å². The van der Waals surface area contributed by atoms with Gasteiger partial charge in [-0.1, -0.05) is 0 Å². The van der Waals surface area contributed by atoms with Crippen LogP contribution >= 0.6 is 15.9 Å². The number of anilines is 1. The summed E-state index contributed by atoms with van der Waals surface area (Å²) in [7, 11) is 2.94. The number of hydrogen-bond donors (Lipinski definition) is 0. The van der Waals surface area contributed by atoms with Gasteiger partial charge in [-0.05, 0) is 63.5 Å². The van der Waals surface area contributed by atoms with Crippen LogP contribution in [0.15, 0.2) is 16.7 Å². The first-order valence-electron chi connectivity index (χ1n) is 8.26. The minimum atomic E-state index is -0.899. The maximum atomic E-state index is 12.7. The third-order valence-electron chi connectivity index (χ3n) is 2.93.